The summed E-state index contributed by atoms with van der Waals surface area (Å²) >= 11 is 0. The van der Waals surface area contributed by atoms with Gasteiger partial charge in [-0.3, -0.25) is 4.79 Å². The van der Waals surface area contributed by atoms with Gasteiger partial charge in [0.15, 0.2) is 0 Å². The predicted octanol–water partition coefficient (Wildman–Crippen LogP) is 1.05. The van der Waals surface area contributed by atoms with Crippen molar-refractivity contribution in [2.45, 2.75) is 51.7 Å². The van der Waals surface area contributed by atoms with E-state index < -0.39 is 0 Å². The molecule has 5 nitrogen and oxygen atoms in total. The number of aromatic nitrogens is 2. The van der Waals surface area contributed by atoms with Crippen LogP contribution in [-0.2, 0) is 17.9 Å². The van der Waals surface area contributed by atoms with Gasteiger partial charge in [0.05, 0.1) is 12.0 Å². The van der Waals surface area contributed by atoms with Crippen LogP contribution < -0.4 is 10.6 Å². The van der Waals surface area contributed by atoms with Crippen LogP contribution in [0.3, 0.4) is 0 Å². The van der Waals surface area contributed by atoms with Gasteiger partial charge >= 0.3 is 0 Å². The standard InChI is InChI=1S/C13H22N4O/c1-2-14-8-12-9-15-10-17(12)7-3-4-13(18)16-11-5-6-11/h9-11,14H,2-8H2,1H3,(H,16,18). The first kappa shape index (κ1) is 13.1. The Morgan fingerprint density at radius 2 is 2.39 bits per heavy atom. The van der Waals surface area contributed by atoms with Crippen molar-refractivity contribution in [2.75, 3.05) is 6.54 Å². The molecular weight excluding hydrogens is 228 g/mol. The van der Waals surface area contributed by atoms with Crippen molar-refractivity contribution in [3.05, 3.63) is 18.2 Å². The number of carbonyl (C=O) groups is 1. The van der Waals surface area contributed by atoms with Crippen LogP contribution in [0.5, 0.6) is 0 Å². The third kappa shape index (κ3) is 4.14. The highest BCUT2D eigenvalue weighted by Gasteiger charge is 2.22. The average Bonchev–Trinajstić information content (AvgIpc) is 3.05. The summed E-state index contributed by atoms with van der Waals surface area (Å²) in [6.07, 6.45) is 7.50. The molecule has 0 bridgehead atoms. The molecule has 0 unspecified atom stereocenters. The van der Waals surface area contributed by atoms with E-state index >= 15 is 0 Å². The van der Waals surface area contributed by atoms with Gasteiger partial charge in [0, 0.05) is 31.7 Å². The van der Waals surface area contributed by atoms with E-state index in [1.165, 1.54) is 5.69 Å². The molecule has 1 aliphatic carbocycles. The first-order valence-electron chi connectivity index (χ1n) is 6.78. The van der Waals surface area contributed by atoms with Crippen LogP contribution in [0.2, 0.25) is 0 Å². The molecule has 1 heterocycles. The van der Waals surface area contributed by atoms with Crippen molar-refractivity contribution in [1.29, 1.82) is 0 Å². The number of nitrogens with one attached hydrogen (secondary N) is 2. The molecule has 0 aliphatic heterocycles. The third-order valence-electron chi connectivity index (χ3n) is 3.10. The molecule has 0 saturated heterocycles. The lowest BCUT2D eigenvalue weighted by molar-refractivity contribution is -0.121. The molecule has 100 valence electrons. The maximum absolute atomic E-state index is 11.5. The molecule has 2 rings (SSSR count). The number of imidazole rings is 1. The summed E-state index contributed by atoms with van der Waals surface area (Å²) in [6, 6.07) is 0.468. The Morgan fingerprint density at radius 1 is 1.56 bits per heavy atom. The second-order valence-corrected chi connectivity index (χ2v) is 4.80. The number of carbonyl (C=O) groups excluding carboxylic acids is 1. The third-order valence-corrected chi connectivity index (χ3v) is 3.10. The van der Waals surface area contributed by atoms with E-state index in [2.05, 4.69) is 27.1 Å². The Kier molecular flexibility index (Phi) is 4.75. The summed E-state index contributed by atoms with van der Waals surface area (Å²) in [6.45, 7) is 4.74. The number of rotatable bonds is 8. The molecule has 1 amide bonds. The smallest absolute Gasteiger partial charge is 0.220 e. The normalized spacial score (nSPS) is 14.7. The van der Waals surface area contributed by atoms with Crippen molar-refractivity contribution in [3.8, 4) is 0 Å². The molecule has 1 fully saturated rings. The number of amides is 1. The lowest BCUT2D eigenvalue weighted by atomic mass is 10.3. The van der Waals surface area contributed by atoms with Crippen molar-refractivity contribution in [1.82, 2.24) is 20.2 Å². The second kappa shape index (κ2) is 6.54. The van der Waals surface area contributed by atoms with E-state index in [0.29, 0.717) is 12.5 Å². The maximum Gasteiger partial charge on any atom is 0.220 e. The zero-order chi connectivity index (χ0) is 12.8. The summed E-state index contributed by atoms with van der Waals surface area (Å²) in [5.41, 5.74) is 1.18. The highest BCUT2D eigenvalue weighted by molar-refractivity contribution is 5.76. The topological polar surface area (TPSA) is 59.0 Å². The molecule has 0 aromatic carbocycles. The molecule has 0 spiro atoms. The Morgan fingerprint density at radius 3 is 3.11 bits per heavy atom. The van der Waals surface area contributed by atoms with Gasteiger partial charge in [-0.05, 0) is 25.8 Å². The van der Waals surface area contributed by atoms with Crippen LogP contribution in [0.15, 0.2) is 12.5 Å². The fraction of sp³-hybridized carbons (Fsp3) is 0.692. The van der Waals surface area contributed by atoms with Gasteiger partial charge in [-0.25, -0.2) is 4.98 Å². The molecule has 0 atom stereocenters. The second-order valence-electron chi connectivity index (χ2n) is 4.80. The lowest BCUT2D eigenvalue weighted by Gasteiger charge is -2.08. The Bertz CT molecular complexity index is 384. The van der Waals surface area contributed by atoms with Gasteiger partial charge in [0.2, 0.25) is 5.91 Å². The van der Waals surface area contributed by atoms with Crippen LogP contribution in [0.4, 0.5) is 0 Å². The van der Waals surface area contributed by atoms with Gasteiger partial charge in [-0.15, -0.1) is 0 Å². The summed E-state index contributed by atoms with van der Waals surface area (Å²) in [5.74, 6) is 0.186. The first-order valence-corrected chi connectivity index (χ1v) is 6.78. The van der Waals surface area contributed by atoms with E-state index in [1.807, 2.05) is 12.5 Å². The monoisotopic (exact) mass is 250 g/mol. The summed E-state index contributed by atoms with van der Waals surface area (Å²) in [4.78, 5) is 15.7. The minimum atomic E-state index is 0.186. The number of nitrogens with zero attached hydrogens (tertiary/aromatic N) is 2. The zero-order valence-electron chi connectivity index (χ0n) is 11.0. The van der Waals surface area contributed by atoms with E-state index in [4.69, 9.17) is 0 Å². The van der Waals surface area contributed by atoms with Gasteiger partial charge in [0.1, 0.15) is 0 Å². The Labute approximate surface area is 108 Å². The Balaban J connectivity index is 1.68. The lowest BCUT2D eigenvalue weighted by Crippen LogP contribution is -2.25. The molecular formula is C13H22N4O. The van der Waals surface area contributed by atoms with Crippen LogP contribution in [0, 0.1) is 0 Å². The van der Waals surface area contributed by atoms with Crippen molar-refractivity contribution < 1.29 is 4.79 Å². The van der Waals surface area contributed by atoms with E-state index in [-0.39, 0.29) is 5.91 Å². The molecule has 18 heavy (non-hydrogen) atoms. The predicted molar refractivity (Wildman–Crippen MR) is 70.0 cm³/mol. The fourth-order valence-electron chi connectivity index (χ4n) is 1.89. The average molecular weight is 250 g/mol. The van der Waals surface area contributed by atoms with E-state index in [0.717, 1.165) is 38.9 Å². The molecule has 1 saturated carbocycles. The fourth-order valence-corrected chi connectivity index (χ4v) is 1.89. The molecule has 1 aromatic heterocycles. The van der Waals surface area contributed by atoms with Crippen LogP contribution in [0.1, 0.15) is 38.3 Å². The molecule has 2 N–H and O–H groups in total. The van der Waals surface area contributed by atoms with Gasteiger partial charge in [0.25, 0.3) is 0 Å². The van der Waals surface area contributed by atoms with Crippen molar-refractivity contribution in [2.24, 2.45) is 0 Å². The van der Waals surface area contributed by atoms with Crippen LogP contribution >= 0.6 is 0 Å². The quantitative estimate of drug-likeness (QED) is 0.725. The summed E-state index contributed by atoms with van der Waals surface area (Å²) in [7, 11) is 0. The van der Waals surface area contributed by atoms with Crippen LogP contribution in [-0.4, -0.2) is 28.0 Å². The molecule has 1 aliphatic rings. The first-order chi connectivity index (χ1) is 8.79. The van der Waals surface area contributed by atoms with Crippen LogP contribution in [0.25, 0.3) is 0 Å². The largest absolute Gasteiger partial charge is 0.353 e. The zero-order valence-corrected chi connectivity index (χ0v) is 11.0. The highest BCUT2D eigenvalue weighted by atomic mass is 16.1. The SMILES string of the molecule is CCNCc1cncn1CCCC(=O)NC1CC1. The minimum Gasteiger partial charge on any atom is -0.353 e. The number of hydrogen-bond acceptors (Lipinski definition) is 3. The van der Waals surface area contributed by atoms with Gasteiger partial charge in [-0.2, -0.15) is 0 Å². The van der Waals surface area contributed by atoms with Crippen molar-refractivity contribution >= 4 is 5.91 Å². The Hall–Kier alpha value is -1.36. The van der Waals surface area contributed by atoms with E-state index in [1.54, 1.807) is 0 Å². The van der Waals surface area contributed by atoms with Gasteiger partial charge < -0.3 is 15.2 Å². The maximum atomic E-state index is 11.5. The highest BCUT2D eigenvalue weighted by Crippen LogP contribution is 2.18. The number of aryl methyl sites for hydroxylation is 1. The summed E-state index contributed by atoms with van der Waals surface area (Å²) in [5, 5.41) is 6.29. The molecule has 5 heteroatoms. The molecule has 0 radical (unpaired) electrons. The number of hydrogen-bond donors (Lipinski definition) is 2. The van der Waals surface area contributed by atoms with E-state index in [9.17, 15) is 4.79 Å². The minimum absolute atomic E-state index is 0.186. The molecule has 1 aromatic rings. The summed E-state index contributed by atoms with van der Waals surface area (Å²) < 4.78 is 2.12. The van der Waals surface area contributed by atoms with Crippen molar-refractivity contribution in [3.63, 3.8) is 0 Å². The van der Waals surface area contributed by atoms with Gasteiger partial charge in [-0.1, -0.05) is 6.92 Å².